The topological polar surface area (TPSA) is 86.2 Å². The highest BCUT2D eigenvalue weighted by molar-refractivity contribution is 5.97. The summed E-state index contributed by atoms with van der Waals surface area (Å²) in [4.78, 5) is 24.5. The number of carbonyl (C=O) groups is 2. The summed E-state index contributed by atoms with van der Waals surface area (Å²) >= 11 is 0. The Bertz CT molecular complexity index is 1060. The minimum absolute atomic E-state index is 0.279. The fraction of sp³-hybridized carbons (Fsp3) is 0.0870. The summed E-state index contributed by atoms with van der Waals surface area (Å²) in [6.07, 6.45) is 1.46. The number of amides is 1. The maximum absolute atomic E-state index is 12.3. The molecule has 0 fully saturated rings. The van der Waals surface area contributed by atoms with Gasteiger partial charge in [-0.25, -0.2) is 10.2 Å². The number of methoxy groups -OCH3 is 2. The molecule has 1 amide bonds. The smallest absolute Gasteiger partial charge is 0.343 e. The Labute approximate surface area is 173 Å². The van der Waals surface area contributed by atoms with Crippen LogP contribution in [0.5, 0.6) is 17.2 Å². The second-order valence-electron chi connectivity index (χ2n) is 6.07. The summed E-state index contributed by atoms with van der Waals surface area (Å²) in [6.45, 7) is 0. The van der Waals surface area contributed by atoms with Crippen LogP contribution in [-0.2, 0) is 0 Å². The van der Waals surface area contributed by atoms with Gasteiger partial charge in [0.1, 0.15) is 5.75 Å². The zero-order valence-electron chi connectivity index (χ0n) is 16.5. The zero-order chi connectivity index (χ0) is 21.3. The lowest BCUT2D eigenvalue weighted by Gasteiger charge is -2.10. The first kappa shape index (κ1) is 20.6. The molecule has 30 heavy (non-hydrogen) atoms. The van der Waals surface area contributed by atoms with Crippen molar-refractivity contribution in [2.75, 3.05) is 14.2 Å². The molecule has 0 aliphatic carbocycles. The molecule has 3 aromatic carbocycles. The normalized spacial score (nSPS) is 10.5. The minimum Gasteiger partial charge on any atom is -0.496 e. The van der Waals surface area contributed by atoms with Gasteiger partial charge in [0, 0.05) is 0 Å². The van der Waals surface area contributed by atoms with Crippen molar-refractivity contribution in [1.29, 1.82) is 0 Å². The molecule has 0 bridgehead atoms. The summed E-state index contributed by atoms with van der Waals surface area (Å²) in [5, 5.41) is 3.96. The van der Waals surface area contributed by atoms with Crippen molar-refractivity contribution in [1.82, 2.24) is 5.43 Å². The monoisotopic (exact) mass is 404 g/mol. The van der Waals surface area contributed by atoms with Crippen LogP contribution in [0, 0.1) is 0 Å². The van der Waals surface area contributed by atoms with Crippen LogP contribution in [0.25, 0.3) is 0 Å². The molecule has 0 spiro atoms. The van der Waals surface area contributed by atoms with Gasteiger partial charge >= 0.3 is 5.97 Å². The van der Waals surface area contributed by atoms with Gasteiger partial charge in [-0.3, -0.25) is 4.79 Å². The van der Waals surface area contributed by atoms with Gasteiger partial charge in [-0.2, -0.15) is 5.10 Å². The molecule has 152 valence electrons. The molecular weight excluding hydrogens is 384 g/mol. The van der Waals surface area contributed by atoms with E-state index in [1.807, 2.05) is 6.07 Å². The molecule has 3 aromatic rings. The van der Waals surface area contributed by atoms with E-state index < -0.39 is 11.9 Å². The Kier molecular flexibility index (Phi) is 6.78. The fourth-order valence-electron chi connectivity index (χ4n) is 2.64. The molecule has 1 N–H and O–H groups in total. The largest absolute Gasteiger partial charge is 0.496 e. The van der Waals surface area contributed by atoms with Gasteiger partial charge in [-0.05, 0) is 48.0 Å². The summed E-state index contributed by atoms with van der Waals surface area (Å²) in [7, 11) is 2.97. The fourth-order valence-corrected chi connectivity index (χ4v) is 2.64. The number of nitrogens with one attached hydrogen (secondary N) is 1. The Balaban J connectivity index is 1.68. The highest BCUT2D eigenvalue weighted by Crippen LogP contribution is 2.28. The molecule has 0 atom stereocenters. The van der Waals surface area contributed by atoms with Crippen molar-refractivity contribution < 1.29 is 23.8 Å². The van der Waals surface area contributed by atoms with Crippen LogP contribution in [0.4, 0.5) is 0 Å². The Morgan fingerprint density at radius 2 is 1.53 bits per heavy atom. The van der Waals surface area contributed by atoms with Crippen LogP contribution in [0.15, 0.2) is 77.9 Å². The average Bonchev–Trinajstić information content (AvgIpc) is 2.80. The summed E-state index contributed by atoms with van der Waals surface area (Å²) in [5.41, 5.74) is 3.90. The van der Waals surface area contributed by atoms with Crippen molar-refractivity contribution in [3.05, 3.63) is 89.5 Å². The number of rotatable bonds is 7. The maximum atomic E-state index is 12.3. The molecule has 0 unspecified atom stereocenters. The van der Waals surface area contributed by atoms with E-state index in [0.717, 1.165) is 0 Å². The minimum atomic E-state index is -0.487. The number of ether oxygens (including phenoxy) is 3. The van der Waals surface area contributed by atoms with Crippen molar-refractivity contribution in [3.8, 4) is 17.2 Å². The van der Waals surface area contributed by atoms with Gasteiger partial charge in [-0.1, -0.05) is 30.3 Å². The predicted octanol–water partition coefficient (Wildman–Crippen LogP) is 3.69. The summed E-state index contributed by atoms with van der Waals surface area (Å²) < 4.78 is 15.9. The molecule has 0 radical (unpaired) electrons. The van der Waals surface area contributed by atoms with Gasteiger partial charge in [0.25, 0.3) is 5.91 Å². The third-order valence-corrected chi connectivity index (χ3v) is 4.13. The van der Waals surface area contributed by atoms with E-state index in [-0.39, 0.29) is 5.75 Å². The Hall–Kier alpha value is -4.13. The molecule has 3 rings (SSSR count). The number of esters is 1. The predicted molar refractivity (Wildman–Crippen MR) is 112 cm³/mol. The molecule has 0 aromatic heterocycles. The second kappa shape index (κ2) is 9.88. The van der Waals surface area contributed by atoms with Gasteiger partial charge in [0.15, 0.2) is 11.5 Å². The third kappa shape index (κ3) is 5.02. The molecule has 7 heteroatoms. The van der Waals surface area contributed by atoms with E-state index in [2.05, 4.69) is 10.5 Å². The number of nitrogens with zero attached hydrogens (tertiary/aromatic N) is 1. The highest BCUT2D eigenvalue weighted by atomic mass is 16.6. The quantitative estimate of drug-likeness (QED) is 0.281. The molecular formula is C23H20N2O5. The standard InChI is InChI=1S/C23H20N2O5/c1-28-19-11-7-6-10-18(19)22(26)25-24-15-16-12-13-20(21(14-16)29-2)30-23(27)17-8-4-3-5-9-17/h3-15H,1-2H3,(H,25,26)/b24-15+. The van der Waals surface area contributed by atoms with Gasteiger partial charge in [0.05, 0.1) is 31.6 Å². The van der Waals surface area contributed by atoms with E-state index in [1.54, 1.807) is 66.7 Å². The van der Waals surface area contributed by atoms with Crippen LogP contribution in [-0.4, -0.2) is 32.3 Å². The molecule has 7 nitrogen and oxygen atoms in total. The zero-order valence-corrected chi connectivity index (χ0v) is 16.5. The van der Waals surface area contributed by atoms with E-state index in [0.29, 0.717) is 28.2 Å². The van der Waals surface area contributed by atoms with E-state index in [1.165, 1.54) is 20.4 Å². The number of hydrogen-bond donors (Lipinski definition) is 1. The lowest BCUT2D eigenvalue weighted by molar-refractivity contribution is 0.0729. The van der Waals surface area contributed by atoms with E-state index >= 15 is 0 Å². The molecule has 0 aliphatic heterocycles. The first-order valence-corrected chi connectivity index (χ1v) is 9.04. The van der Waals surface area contributed by atoms with Crippen LogP contribution in [0.3, 0.4) is 0 Å². The number of hydrazone groups is 1. The van der Waals surface area contributed by atoms with E-state index in [4.69, 9.17) is 14.2 Å². The Morgan fingerprint density at radius 3 is 2.27 bits per heavy atom. The highest BCUT2D eigenvalue weighted by Gasteiger charge is 2.13. The van der Waals surface area contributed by atoms with Crippen molar-refractivity contribution in [2.24, 2.45) is 5.10 Å². The first-order chi connectivity index (χ1) is 14.6. The lowest BCUT2D eigenvalue weighted by atomic mass is 10.2. The van der Waals surface area contributed by atoms with Gasteiger partial charge in [0.2, 0.25) is 0 Å². The number of para-hydroxylation sites is 1. The van der Waals surface area contributed by atoms with E-state index in [9.17, 15) is 9.59 Å². The number of carbonyl (C=O) groups excluding carboxylic acids is 2. The van der Waals surface area contributed by atoms with Crippen molar-refractivity contribution in [2.45, 2.75) is 0 Å². The SMILES string of the molecule is COc1cc(/C=N/NC(=O)c2ccccc2OC)ccc1OC(=O)c1ccccc1. The number of hydrogen-bond acceptors (Lipinski definition) is 6. The number of benzene rings is 3. The maximum Gasteiger partial charge on any atom is 0.343 e. The second-order valence-corrected chi connectivity index (χ2v) is 6.07. The average molecular weight is 404 g/mol. The van der Waals surface area contributed by atoms with Crippen molar-refractivity contribution in [3.63, 3.8) is 0 Å². The first-order valence-electron chi connectivity index (χ1n) is 9.04. The van der Waals surface area contributed by atoms with Crippen LogP contribution in [0.2, 0.25) is 0 Å². The molecule has 0 saturated carbocycles. The molecule has 0 heterocycles. The van der Waals surface area contributed by atoms with Gasteiger partial charge < -0.3 is 14.2 Å². The third-order valence-electron chi connectivity index (χ3n) is 4.13. The van der Waals surface area contributed by atoms with Crippen LogP contribution < -0.4 is 19.6 Å². The van der Waals surface area contributed by atoms with Gasteiger partial charge in [-0.15, -0.1) is 0 Å². The lowest BCUT2D eigenvalue weighted by Crippen LogP contribution is -2.18. The van der Waals surface area contributed by atoms with Crippen LogP contribution in [0.1, 0.15) is 26.3 Å². The molecule has 0 aliphatic rings. The van der Waals surface area contributed by atoms with Crippen LogP contribution >= 0.6 is 0 Å². The Morgan fingerprint density at radius 1 is 0.833 bits per heavy atom. The molecule has 0 saturated heterocycles. The van der Waals surface area contributed by atoms with Crippen molar-refractivity contribution >= 4 is 18.1 Å². The summed E-state index contributed by atoms with van der Waals surface area (Å²) in [6, 6.07) is 20.4. The summed E-state index contributed by atoms with van der Waals surface area (Å²) in [5.74, 6) is 0.209.